The standard InChI is InChI=1S/C28H30O2S/c1-4-6-10-20(5-2)18-31-22-15-16-23-19(3)27(28(29)30-26(23)17-22)25-14-9-12-21-11-7-8-13-24(21)25/h7-9,11-17,20H,4-6,10,18H2,1-3H3. The Morgan fingerprint density at radius 1 is 0.968 bits per heavy atom. The lowest BCUT2D eigenvalue weighted by Gasteiger charge is -2.14. The van der Waals surface area contributed by atoms with Gasteiger partial charge in [-0.25, -0.2) is 4.79 Å². The van der Waals surface area contributed by atoms with Crippen molar-refractivity contribution in [2.45, 2.75) is 51.3 Å². The maximum atomic E-state index is 13.1. The number of hydrogen-bond acceptors (Lipinski definition) is 3. The van der Waals surface area contributed by atoms with Crippen LogP contribution in [0.25, 0.3) is 32.9 Å². The fourth-order valence-electron chi connectivity index (χ4n) is 4.29. The Morgan fingerprint density at radius 2 is 1.77 bits per heavy atom. The molecule has 4 rings (SSSR count). The van der Waals surface area contributed by atoms with Crippen LogP contribution in [0.15, 0.2) is 74.8 Å². The minimum absolute atomic E-state index is 0.266. The summed E-state index contributed by atoms with van der Waals surface area (Å²) in [4.78, 5) is 14.2. The normalized spacial score (nSPS) is 12.5. The van der Waals surface area contributed by atoms with Crippen molar-refractivity contribution < 1.29 is 4.42 Å². The highest BCUT2D eigenvalue weighted by atomic mass is 32.2. The Morgan fingerprint density at radius 3 is 2.58 bits per heavy atom. The molecule has 0 bridgehead atoms. The van der Waals surface area contributed by atoms with E-state index in [0.717, 1.165) is 39.0 Å². The van der Waals surface area contributed by atoms with Crippen molar-refractivity contribution in [3.05, 3.63) is 76.6 Å². The third-order valence-electron chi connectivity index (χ3n) is 6.23. The number of hydrogen-bond donors (Lipinski definition) is 0. The molecule has 0 saturated carbocycles. The van der Waals surface area contributed by atoms with E-state index >= 15 is 0 Å². The topological polar surface area (TPSA) is 30.2 Å². The Labute approximate surface area is 188 Å². The average Bonchev–Trinajstić information content (AvgIpc) is 2.79. The van der Waals surface area contributed by atoms with Gasteiger partial charge in [0.05, 0.1) is 5.56 Å². The van der Waals surface area contributed by atoms with E-state index in [0.29, 0.717) is 11.1 Å². The maximum Gasteiger partial charge on any atom is 0.344 e. The number of benzene rings is 3. The first-order chi connectivity index (χ1) is 15.1. The first-order valence-corrected chi connectivity index (χ1v) is 12.3. The van der Waals surface area contributed by atoms with Crippen LogP contribution in [0, 0.1) is 12.8 Å². The van der Waals surface area contributed by atoms with E-state index in [4.69, 9.17) is 4.42 Å². The predicted octanol–water partition coefficient (Wildman–Crippen LogP) is 8.23. The summed E-state index contributed by atoms with van der Waals surface area (Å²) in [5, 5.41) is 3.20. The summed E-state index contributed by atoms with van der Waals surface area (Å²) in [5.74, 6) is 1.85. The fourth-order valence-corrected chi connectivity index (χ4v) is 5.48. The van der Waals surface area contributed by atoms with Gasteiger partial charge in [0.2, 0.25) is 0 Å². The van der Waals surface area contributed by atoms with Crippen LogP contribution in [-0.4, -0.2) is 5.75 Å². The van der Waals surface area contributed by atoms with E-state index in [1.54, 1.807) is 0 Å². The van der Waals surface area contributed by atoms with Crippen LogP contribution in [0.5, 0.6) is 0 Å². The second kappa shape index (κ2) is 9.74. The van der Waals surface area contributed by atoms with E-state index in [1.807, 2.05) is 49.0 Å². The largest absolute Gasteiger partial charge is 0.422 e. The molecule has 160 valence electrons. The Bertz CT molecular complexity index is 1250. The van der Waals surface area contributed by atoms with Crippen LogP contribution < -0.4 is 5.63 Å². The average molecular weight is 431 g/mol. The van der Waals surface area contributed by atoms with Crippen LogP contribution in [0.3, 0.4) is 0 Å². The molecule has 0 aliphatic rings. The second-order valence-corrected chi connectivity index (χ2v) is 9.40. The van der Waals surface area contributed by atoms with E-state index in [1.165, 1.54) is 30.6 Å². The van der Waals surface area contributed by atoms with Gasteiger partial charge >= 0.3 is 5.63 Å². The molecule has 0 fully saturated rings. The summed E-state index contributed by atoms with van der Waals surface area (Å²) < 4.78 is 5.85. The summed E-state index contributed by atoms with van der Waals surface area (Å²) >= 11 is 1.87. The molecule has 0 radical (unpaired) electrons. The molecule has 31 heavy (non-hydrogen) atoms. The summed E-state index contributed by atoms with van der Waals surface area (Å²) in [6.45, 7) is 6.56. The molecule has 0 amide bonds. The van der Waals surface area contributed by atoms with Crippen LogP contribution in [0.4, 0.5) is 0 Å². The molecular weight excluding hydrogens is 400 g/mol. The third kappa shape index (κ3) is 4.57. The molecule has 1 atom stereocenters. The van der Waals surface area contributed by atoms with Crippen molar-refractivity contribution in [1.29, 1.82) is 0 Å². The highest BCUT2D eigenvalue weighted by Crippen LogP contribution is 2.34. The van der Waals surface area contributed by atoms with Gasteiger partial charge in [0, 0.05) is 16.0 Å². The lowest BCUT2D eigenvalue weighted by molar-refractivity contribution is 0.499. The van der Waals surface area contributed by atoms with Crippen molar-refractivity contribution in [3.8, 4) is 11.1 Å². The van der Waals surface area contributed by atoms with Crippen molar-refractivity contribution in [2.75, 3.05) is 5.75 Å². The smallest absolute Gasteiger partial charge is 0.344 e. The maximum absolute atomic E-state index is 13.1. The van der Waals surface area contributed by atoms with Gasteiger partial charge < -0.3 is 4.42 Å². The summed E-state index contributed by atoms with van der Waals surface area (Å²) in [7, 11) is 0. The number of rotatable bonds is 8. The molecule has 0 aliphatic carbocycles. The van der Waals surface area contributed by atoms with Crippen molar-refractivity contribution >= 4 is 33.5 Å². The van der Waals surface area contributed by atoms with Gasteiger partial charge in [0.15, 0.2) is 0 Å². The molecule has 3 aromatic carbocycles. The molecule has 0 N–H and O–H groups in total. The molecule has 2 nitrogen and oxygen atoms in total. The highest BCUT2D eigenvalue weighted by Gasteiger charge is 2.16. The van der Waals surface area contributed by atoms with E-state index in [2.05, 4.69) is 44.2 Å². The molecule has 1 heterocycles. The van der Waals surface area contributed by atoms with E-state index in [-0.39, 0.29) is 5.63 Å². The summed E-state index contributed by atoms with van der Waals surface area (Å²) in [6.07, 6.45) is 5.04. The zero-order chi connectivity index (χ0) is 21.8. The van der Waals surface area contributed by atoms with Crippen LogP contribution in [-0.2, 0) is 0 Å². The van der Waals surface area contributed by atoms with Gasteiger partial charge in [0.25, 0.3) is 0 Å². The molecule has 0 aliphatic heterocycles. The summed E-state index contributed by atoms with van der Waals surface area (Å²) in [6, 6.07) is 20.6. The van der Waals surface area contributed by atoms with E-state index < -0.39 is 0 Å². The number of aryl methyl sites for hydroxylation is 1. The first-order valence-electron chi connectivity index (χ1n) is 11.3. The van der Waals surface area contributed by atoms with Gasteiger partial charge in [-0.2, -0.15) is 0 Å². The zero-order valence-electron chi connectivity index (χ0n) is 18.6. The Hall–Kier alpha value is -2.52. The lowest BCUT2D eigenvalue weighted by atomic mass is 9.95. The fraction of sp³-hybridized carbons (Fsp3) is 0.321. The molecule has 1 unspecified atom stereocenters. The van der Waals surface area contributed by atoms with Gasteiger partial charge in [-0.3, -0.25) is 0 Å². The second-order valence-electron chi connectivity index (χ2n) is 8.30. The van der Waals surface area contributed by atoms with E-state index in [9.17, 15) is 4.79 Å². The number of unbranched alkanes of at least 4 members (excludes halogenated alkanes) is 1. The number of fused-ring (bicyclic) bond motifs is 2. The van der Waals surface area contributed by atoms with Crippen molar-refractivity contribution in [2.24, 2.45) is 5.92 Å². The Kier molecular flexibility index (Phi) is 6.82. The van der Waals surface area contributed by atoms with Crippen LogP contribution in [0.2, 0.25) is 0 Å². The first kappa shape index (κ1) is 21.7. The molecule has 1 aromatic heterocycles. The molecule has 0 saturated heterocycles. The summed E-state index contributed by atoms with van der Waals surface area (Å²) in [5.41, 5.74) is 2.99. The van der Waals surface area contributed by atoms with Gasteiger partial charge in [-0.1, -0.05) is 75.6 Å². The zero-order valence-corrected chi connectivity index (χ0v) is 19.4. The predicted molar refractivity (Wildman–Crippen MR) is 134 cm³/mol. The van der Waals surface area contributed by atoms with Crippen LogP contribution in [0.1, 0.15) is 45.1 Å². The third-order valence-corrected chi connectivity index (χ3v) is 7.45. The monoisotopic (exact) mass is 430 g/mol. The lowest BCUT2D eigenvalue weighted by Crippen LogP contribution is -2.06. The van der Waals surface area contributed by atoms with Gasteiger partial charge in [-0.05, 0) is 59.4 Å². The van der Waals surface area contributed by atoms with Crippen molar-refractivity contribution in [1.82, 2.24) is 0 Å². The molecule has 0 spiro atoms. The minimum atomic E-state index is -0.266. The van der Waals surface area contributed by atoms with Gasteiger partial charge in [0.1, 0.15) is 5.58 Å². The molecular formula is C28H30O2S. The molecule has 3 heteroatoms. The Balaban J connectivity index is 1.70. The van der Waals surface area contributed by atoms with Crippen molar-refractivity contribution in [3.63, 3.8) is 0 Å². The van der Waals surface area contributed by atoms with Gasteiger partial charge in [-0.15, -0.1) is 11.8 Å². The number of thioether (sulfide) groups is 1. The molecule has 4 aromatic rings. The minimum Gasteiger partial charge on any atom is -0.422 e. The highest BCUT2D eigenvalue weighted by molar-refractivity contribution is 7.99. The quantitative estimate of drug-likeness (QED) is 0.208. The van der Waals surface area contributed by atoms with Crippen LogP contribution >= 0.6 is 11.8 Å². The SMILES string of the molecule is CCCCC(CC)CSc1ccc2c(C)c(-c3cccc4ccccc34)c(=O)oc2c1.